The van der Waals surface area contributed by atoms with Crippen LogP contribution in [0.1, 0.15) is 36.7 Å². The summed E-state index contributed by atoms with van der Waals surface area (Å²) in [5.41, 5.74) is -0.0523. The average Bonchev–Trinajstić information content (AvgIpc) is 3.02. The first-order valence-corrected chi connectivity index (χ1v) is 10.6. The molecular weight excluding hydrogens is 395 g/mol. The van der Waals surface area contributed by atoms with Crippen molar-refractivity contribution in [1.82, 2.24) is 14.5 Å². The molecule has 0 aliphatic heterocycles. The summed E-state index contributed by atoms with van der Waals surface area (Å²) in [5, 5.41) is 3.73. The second-order valence-electron chi connectivity index (χ2n) is 6.50. The molecule has 1 N–H and O–H groups in total. The number of rotatable bonds is 7. The molecule has 0 amide bonds. The van der Waals surface area contributed by atoms with Gasteiger partial charge in [0.15, 0.2) is 5.69 Å². The molecular formula is C18H22F3N3O3S. The van der Waals surface area contributed by atoms with Crippen LogP contribution in [-0.4, -0.2) is 31.3 Å². The highest BCUT2D eigenvalue weighted by Gasteiger charge is 2.39. The molecule has 1 aliphatic rings. The molecule has 10 heteroatoms. The van der Waals surface area contributed by atoms with Gasteiger partial charge in [0, 0.05) is 17.8 Å². The van der Waals surface area contributed by atoms with Gasteiger partial charge in [0.05, 0.1) is 18.0 Å². The number of hydrogen-bond donors (Lipinski definition) is 1. The van der Waals surface area contributed by atoms with E-state index in [0.717, 1.165) is 6.42 Å². The van der Waals surface area contributed by atoms with Gasteiger partial charge in [-0.05, 0) is 56.9 Å². The topological polar surface area (TPSA) is 73.2 Å². The van der Waals surface area contributed by atoms with Crippen LogP contribution in [0, 0.1) is 0 Å². The first-order valence-electron chi connectivity index (χ1n) is 9.10. The van der Waals surface area contributed by atoms with E-state index in [1.807, 2.05) is 6.92 Å². The van der Waals surface area contributed by atoms with E-state index in [2.05, 4.69) is 9.82 Å². The number of nitrogens with zero attached hydrogens (tertiary/aromatic N) is 2. The normalized spacial score (nSPS) is 14.7. The van der Waals surface area contributed by atoms with Gasteiger partial charge in [0.25, 0.3) is 0 Å². The third-order valence-corrected chi connectivity index (χ3v) is 6.06. The lowest BCUT2D eigenvalue weighted by Crippen LogP contribution is -2.28. The van der Waals surface area contributed by atoms with Crippen molar-refractivity contribution in [2.45, 2.75) is 50.2 Å². The maximum absolute atomic E-state index is 13.2. The summed E-state index contributed by atoms with van der Waals surface area (Å²) >= 11 is 0. The lowest BCUT2D eigenvalue weighted by molar-refractivity contribution is -0.142. The Morgan fingerprint density at radius 3 is 2.50 bits per heavy atom. The molecule has 0 bridgehead atoms. The highest BCUT2D eigenvalue weighted by molar-refractivity contribution is 7.89. The Morgan fingerprint density at radius 2 is 1.86 bits per heavy atom. The third kappa shape index (κ3) is 4.49. The molecule has 154 valence electrons. The second-order valence-corrected chi connectivity index (χ2v) is 8.27. The number of aromatic nitrogens is 2. The van der Waals surface area contributed by atoms with Gasteiger partial charge in [0.2, 0.25) is 10.0 Å². The minimum absolute atomic E-state index is 0.0364. The molecule has 1 aromatic heterocycles. The fourth-order valence-electron chi connectivity index (χ4n) is 3.33. The van der Waals surface area contributed by atoms with Crippen LogP contribution in [0.4, 0.5) is 13.2 Å². The van der Waals surface area contributed by atoms with Crippen molar-refractivity contribution < 1.29 is 26.3 Å². The zero-order valence-electron chi connectivity index (χ0n) is 15.4. The minimum Gasteiger partial charge on any atom is -0.494 e. The standard InChI is InChI=1S/C18H22F3N3O3S/c1-2-27-13-7-9-14(10-8-13)28(25,26)22-11-12-24-16-6-4-3-5-15(16)17(23-24)18(19,20)21/h7-10,22H,2-6,11-12H2,1H3. The fourth-order valence-corrected chi connectivity index (χ4v) is 4.36. The van der Waals surface area contributed by atoms with Crippen molar-refractivity contribution in [3.05, 3.63) is 41.2 Å². The number of alkyl halides is 3. The Bertz CT molecular complexity index is 922. The first kappa shape index (κ1) is 20.7. The maximum atomic E-state index is 13.2. The van der Waals surface area contributed by atoms with Crippen LogP contribution in [0.5, 0.6) is 5.75 Å². The fraction of sp³-hybridized carbons (Fsp3) is 0.500. The lowest BCUT2D eigenvalue weighted by atomic mass is 9.95. The maximum Gasteiger partial charge on any atom is 0.435 e. The molecule has 0 saturated heterocycles. The molecule has 28 heavy (non-hydrogen) atoms. The van der Waals surface area contributed by atoms with E-state index in [1.54, 1.807) is 12.1 Å². The van der Waals surface area contributed by atoms with Gasteiger partial charge in [-0.25, -0.2) is 13.1 Å². The van der Waals surface area contributed by atoms with Gasteiger partial charge in [-0.2, -0.15) is 18.3 Å². The zero-order chi connectivity index (χ0) is 20.4. The predicted molar refractivity (Wildman–Crippen MR) is 96.7 cm³/mol. The van der Waals surface area contributed by atoms with Gasteiger partial charge in [-0.3, -0.25) is 4.68 Å². The van der Waals surface area contributed by atoms with Gasteiger partial charge >= 0.3 is 6.18 Å². The predicted octanol–water partition coefficient (Wildman–Crippen LogP) is 3.16. The van der Waals surface area contributed by atoms with Crippen molar-refractivity contribution >= 4 is 10.0 Å². The van der Waals surface area contributed by atoms with Gasteiger partial charge in [-0.15, -0.1) is 0 Å². The van der Waals surface area contributed by atoms with Crippen molar-refractivity contribution in [1.29, 1.82) is 0 Å². The SMILES string of the molecule is CCOc1ccc(S(=O)(=O)NCCn2nc(C(F)(F)F)c3c2CCCC3)cc1. The summed E-state index contributed by atoms with van der Waals surface area (Å²) in [7, 11) is -3.77. The molecule has 3 rings (SSSR count). The minimum atomic E-state index is -4.51. The van der Waals surface area contributed by atoms with Gasteiger partial charge in [0.1, 0.15) is 5.75 Å². The molecule has 0 unspecified atom stereocenters. The van der Waals surface area contributed by atoms with Crippen LogP contribution in [0.15, 0.2) is 29.2 Å². The second kappa shape index (κ2) is 8.12. The highest BCUT2D eigenvalue weighted by atomic mass is 32.2. The van der Waals surface area contributed by atoms with Crippen molar-refractivity contribution in [3.8, 4) is 5.75 Å². The van der Waals surface area contributed by atoms with E-state index in [1.165, 1.54) is 16.8 Å². The molecule has 0 spiro atoms. The number of hydrogen-bond acceptors (Lipinski definition) is 4. The molecule has 0 atom stereocenters. The summed E-state index contributed by atoms with van der Waals surface area (Å²) in [5.74, 6) is 0.560. The summed E-state index contributed by atoms with van der Waals surface area (Å²) in [6.45, 7) is 2.28. The number of sulfonamides is 1. The summed E-state index contributed by atoms with van der Waals surface area (Å²) < 4.78 is 73.4. The van der Waals surface area contributed by atoms with E-state index in [9.17, 15) is 21.6 Å². The third-order valence-electron chi connectivity index (χ3n) is 4.59. The summed E-state index contributed by atoms with van der Waals surface area (Å²) in [4.78, 5) is 0.0643. The number of benzene rings is 1. The van der Waals surface area contributed by atoms with Crippen LogP contribution in [0.25, 0.3) is 0 Å². The quantitative estimate of drug-likeness (QED) is 0.751. The number of nitrogens with one attached hydrogen (secondary N) is 1. The largest absolute Gasteiger partial charge is 0.494 e. The van der Waals surface area contributed by atoms with E-state index in [0.29, 0.717) is 37.3 Å². The zero-order valence-corrected chi connectivity index (χ0v) is 16.2. The van der Waals surface area contributed by atoms with Crippen molar-refractivity contribution in [2.75, 3.05) is 13.2 Å². The van der Waals surface area contributed by atoms with Crippen LogP contribution in [0.2, 0.25) is 0 Å². The number of halogens is 3. The van der Waals surface area contributed by atoms with Gasteiger partial charge in [-0.1, -0.05) is 0 Å². The molecule has 6 nitrogen and oxygen atoms in total. The summed E-state index contributed by atoms with van der Waals surface area (Å²) in [6.07, 6.45) is -2.14. The first-order chi connectivity index (χ1) is 13.2. The Morgan fingerprint density at radius 1 is 1.18 bits per heavy atom. The molecule has 2 aromatic rings. The Labute approximate surface area is 161 Å². The van der Waals surface area contributed by atoms with Crippen molar-refractivity contribution in [2.24, 2.45) is 0 Å². The van der Waals surface area contributed by atoms with E-state index < -0.39 is 21.9 Å². The molecule has 0 radical (unpaired) electrons. The van der Waals surface area contributed by atoms with Crippen LogP contribution < -0.4 is 9.46 Å². The Balaban J connectivity index is 1.70. The van der Waals surface area contributed by atoms with E-state index >= 15 is 0 Å². The molecule has 1 aliphatic carbocycles. The number of fused-ring (bicyclic) bond motifs is 1. The average molecular weight is 417 g/mol. The molecule has 0 saturated carbocycles. The Kier molecular flexibility index (Phi) is 5.99. The van der Waals surface area contributed by atoms with Crippen LogP contribution >= 0.6 is 0 Å². The van der Waals surface area contributed by atoms with Crippen molar-refractivity contribution in [3.63, 3.8) is 0 Å². The van der Waals surface area contributed by atoms with Gasteiger partial charge < -0.3 is 4.74 Å². The van der Waals surface area contributed by atoms with E-state index in [-0.39, 0.29) is 23.5 Å². The summed E-state index contributed by atoms with van der Waals surface area (Å²) in [6, 6.07) is 5.95. The van der Waals surface area contributed by atoms with Crippen LogP contribution in [-0.2, 0) is 35.6 Å². The smallest absolute Gasteiger partial charge is 0.435 e. The highest BCUT2D eigenvalue weighted by Crippen LogP contribution is 2.35. The Hall–Kier alpha value is -2.07. The monoisotopic (exact) mass is 417 g/mol. The molecule has 1 aromatic carbocycles. The van der Waals surface area contributed by atoms with E-state index in [4.69, 9.17) is 4.74 Å². The number of ether oxygens (including phenoxy) is 1. The molecule has 0 fully saturated rings. The lowest BCUT2D eigenvalue weighted by Gasteiger charge is -2.15. The van der Waals surface area contributed by atoms with Crippen LogP contribution in [0.3, 0.4) is 0 Å². The molecule has 1 heterocycles.